The number of fused-ring (bicyclic) bond motifs is 1. The molecule has 128 valence electrons. The zero-order chi connectivity index (χ0) is 17.1. The highest BCUT2D eigenvalue weighted by Crippen LogP contribution is 2.38. The van der Waals surface area contributed by atoms with Crippen molar-refractivity contribution in [2.24, 2.45) is 0 Å². The molecule has 0 amide bonds. The number of nitro benzene ring substituents is 1. The van der Waals surface area contributed by atoms with Gasteiger partial charge in [0, 0.05) is 43.5 Å². The van der Waals surface area contributed by atoms with Crippen LogP contribution in [0, 0.1) is 10.1 Å². The van der Waals surface area contributed by atoms with Crippen molar-refractivity contribution in [2.75, 3.05) is 37.7 Å². The Labute approximate surface area is 140 Å². The van der Waals surface area contributed by atoms with Gasteiger partial charge in [-0.15, -0.1) is 0 Å². The van der Waals surface area contributed by atoms with Gasteiger partial charge in [-0.1, -0.05) is 0 Å². The number of anilines is 1. The molecule has 0 aliphatic carbocycles. The number of esters is 1. The molecule has 2 heterocycles. The zero-order valence-electron chi connectivity index (χ0n) is 13.7. The standard InChI is InChI=1S/C17H21N3O4/c1-2-24-17(21)12-19-11-13(10-18-7-3-4-8-18)15-6-5-14(20(22)23)9-16(15)19/h5-6,9-10H,2-4,7-8,11-12H2,1H3. The highest BCUT2D eigenvalue weighted by atomic mass is 16.6. The van der Waals surface area contributed by atoms with Gasteiger partial charge in [-0.05, 0) is 31.4 Å². The fraction of sp³-hybridized carbons (Fsp3) is 0.471. The highest BCUT2D eigenvalue weighted by molar-refractivity contribution is 5.89. The molecular formula is C17H21N3O4. The van der Waals surface area contributed by atoms with Crippen LogP contribution in [0.3, 0.4) is 0 Å². The number of benzene rings is 1. The van der Waals surface area contributed by atoms with Crippen molar-refractivity contribution in [1.29, 1.82) is 0 Å². The molecule has 1 aromatic rings. The summed E-state index contributed by atoms with van der Waals surface area (Å²) in [5.41, 5.74) is 2.80. The smallest absolute Gasteiger partial charge is 0.325 e. The summed E-state index contributed by atoms with van der Waals surface area (Å²) in [6, 6.07) is 4.84. The molecule has 3 rings (SSSR count). The zero-order valence-corrected chi connectivity index (χ0v) is 13.7. The van der Waals surface area contributed by atoms with Gasteiger partial charge in [-0.25, -0.2) is 0 Å². The van der Waals surface area contributed by atoms with Gasteiger partial charge >= 0.3 is 5.97 Å². The molecule has 2 aliphatic rings. The van der Waals surface area contributed by atoms with Crippen LogP contribution in [0.2, 0.25) is 0 Å². The molecule has 0 unspecified atom stereocenters. The lowest BCUT2D eigenvalue weighted by Crippen LogP contribution is -2.29. The maximum atomic E-state index is 11.9. The van der Waals surface area contributed by atoms with Crippen molar-refractivity contribution in [3.8, 4) is 0 Å². The van der Waals surface area contributed by atoms with Gasteiger partial charge < -0.3 is 14.5 Å². The Morgan fingerprint density at radius 2 is 2.12 bits per heavy atom. The van der Waals surface area contributed by atoms with Crippen LogP contribution in [0.1, 0.15) is 25.3 Å². The van der Waals surface area contributed by atoms with Gasteiger partial charge in [-0.3, -0.25) is 14.9 Å². The largest absolute Gasteiger partial charge is 0.465 e. The van der Waals surface area contributed by atoms with E-state index in [2.05, 4.69) is 11.1 Å². The Hall–Kier alpha value is -2.57. The van der Waals surface area contributed by atoms with Crippen LogP contribution in [-0.2, 0) is 9.53 Å². The maximum absolute atomic E-state index is 11.9. The quantitative estimate of drug-likeness (QED) is 0.468. The first-order valence-electron chi connectivity index (χ1n) is 8.22. The fourth-order valence-corrected chi connectivity index (χ4v) is 3.25. The summed E-state index contributed by atoms with van der Waals surface area (Å²) >= 11 is 0. The van der Waals surface area contributed by atoms with E-state index in [1.807, 2.05) is 4.90 Å². The maximum Gasteiger partial charge on any atom is 0.325 e. The summed E-state index contributed by atoms with van der Waals surface area (Å²) in [4.78, 5) is 26.6. The van der Waals surface area contributed by atoms with E-state index in [1.165, 1.54) is 18.9 Å². The van der Waals surface area contributed by atoms with Crippen molar-refractivity contribution < 1.29 is 14.5 Å². The lowest BCUT2D eigenvalue weighted by molar-refractivity contribution is -0.384. The highest BCUT2D eigenvalue weighted by Gasteiger charge is 2.28. The number of carbonyl (C=O) groups excluding carboxylic acids is 1. The minimum Gasteiger partial charge on any atom is -0.465 e. The van der Waals surface area contributed by atoms with Crippen molar-refractivity contribution in [2.45, 2.75) is 19.8 Å². The van der Waals surface area contributed by atoms with E-state index in [0.29, 0.717) is 13.2 Å². The third kappa shape index (κ3) is 3.34. The normalized spacial score (nSPS) is 18.1. The summed E-state index contributed by atoms with van der Waals surface area (Å²) in [5.74, 6) is -0.322. The van der Waals surface area contributed by atoms with Crippen molar-refractivity contribution in [1.82, 2.24) is 4.90 Å². The average molecular weight is 331 g/mol. The van der Waals surface area contributed by atoms with Crippen molar-refractivity contribution >= 4 is 22.9 Å². The van der Waals surface area contributed by atoms with Gasteiger partial charge in [0.1, 0.15) is 6.54 Å². The predicted molar refractivity (Wildman–Crippen MR) is 90.7 cm³/mol. The van der Waals surface area contributed by atoms with Crippen molar-refractivity contribution in [3.05, 3.63) is 40.1 Å². The molecule has 24 heavy (non-hydrogen) atoms. The lowest BCUT2D eigenvalue weighted by atomic mass is 10.1. The van der Waals surface area contributed by atoms with Gasteiger partial charge in [0.25, 0.3) is 5.69 Å². The second-order valence-electron chi connectivity index (χ2n) is 6.02. The molecule has 0 radical (unpaired) electrons. The SMILES string of the molecule is CCOC(=O)CN1CC(=CN2CCCC2)c2ccc([N+](=O)[O-])cc21. The fourth-order valence-electron chi connectivity index (χ4n) is 3.25. The number of nitrogens with zero attached hydrogens (tertiary/aromatic N) is 3. The van der Waals surface area contributed by atoms with Gasteiger partial charge in [0.2, 0.25) is 0 Å². The second-order valence-corrected chi connectivity index (χ2v) is 6.02. The molecule has 2 aliphatic heterocycles. The number of carbonyl (C=O) groups is 1. The Balaban J connectivity index is 1.91. The number of likely N-dealkylation sites (tertiary alicyclic amines) is 1. The topological polar surface area (TPSA) is 75.9 Å². The van der Waals surface area contributed by atoms with Gasteiger partial charge in [0.15, 0.2) is 0 Å². The van der Waals surface area contributed by atoms with E-state index in [9.17, 15) is 14.9 Å². The second kappa shape index (κ2) is 6.90. The summed E-state index contributed by atoms with van der Waals surface area (Å²) < 4.78 is 5.02. The minimum absolute atomic E-state index is 0.0324. The third-order valence-electron chi connectivity index (χ3n) is 4.34. The lowest BCUT2D eigenvalue weighted by Gasteiger charge is -2.17. The molecule has 0 atom stereocenters. The Bertz CT molecular complexity index is 680. The predicted octanol–water partition coefficient (Wildman–Crippen LogP) is 2.41. The van der Waals surface area contributed by atoms with Crippen LogP contribution in [0.15, 0.2) is 24.4 Å². The Kier molecular flexibility index (Phi) is 4.69. The van der Waals surface area contributed by atoms with Crippen LogP contribution in [-0.4, -0.2) is 48.6 Å². The summed E-state index contributed by atoms with van der Waals surface area (Å²) in [6.07, 6.45) is 4.50. The van der Waals surface area contributed by atoms with Gasteiger partial charge in [-0.2, -0.15) is 0 Å². The molecule has 7 heteroatoms. The molecule has 1 fully saturated rings. The monoisotopic (exact) mass is 331 g/mol. The summed E-state index contributed by atoms with van der Waals surface area (Å²) in [6.45, 7) is 4.81. The number of ether oxygens (including phenoxy) is 1. The van der Waals surface area contributed by atoms with E-state index in [4.69, 9.17) is 4.74 Å². The van der Waals surface area contributed by atoms with Crippen LogP contribution < -0.4 is 4.90 Å². The van der Waals surface area contributed by atoms with E-state index in [-0.39, 0.29) is 18.2 Å². The molecule has 0 N–H and O–H groups in total. The number of hydrogen-bond donors (Lipinski definition) is 0. The molecule has 1 saturated heterocycles. The van der Waals surface area contributed by atoms with E-state index in [0.717, 1.165) is 29.9 Å². The number of nitro groups is 1. The Morgan fingerprint density at radius 3 is 2.79 bits per heavy atom. The number of hydrogen-bond acceptors (Lipinski definition) is 6. The summed E-state index contributed by atoms with van der Waals surface area (Å²) in [5, 5.41) is 11.1. The minimum atomic E-state index is -0.412. The van der Waals surface area contributed by atoms with Crippen LogP contribution in [0.25, 0.3) is 5.57 Å². The molecule has 0 aromatic heterocycles. The molecule has 7 nitrogen and oxygen atoms in total. The van der Waals surface area contributed by atoms with Gasteiger partial charge in [0.05, 0.1) is 17.2 Å². The number of rotatable bonds is 5. The first-order valence-corrected chi connectivity index (χ1v) is 8.22. The molecule has 0 bridgehead atoms. The molecule has 0 saturated carbocycles. The third-order valence-corrected chi connectivity index (χ3v) is 4.34. The average Bonchev–Trinajstić information content (AvgIpc) is 3.16. The van der Waals surface area contributed by atoms with E-state index in [1.54, 1.807) is 19.1 Å². The molecule has 0 spiro atoms. The van der Waals surface area contributed by atoms with E-state index >= 15 is 0 Å². The van der Waals surface area contributed by atoms with E-state index < -0.39 is 4.92 Å². The first kappa shape index (κ1) is 16.3. The van der Waals surface area contributed by atoms with Crippen LogP contribution in [0.4, 0.5) is 11.4 Å². The summed E-state index contributed by atoms with van der Waals surface area (Å²) in [7, 11) is 0. The molecular weight excluding hydrogens is 310 g/mol. The van der Waals surface area contributed by atoms with Crippen LogP contribution >= 0.6 is 0 Å². The van der Waals surface area contributed by atoms with Crippen LogP contribution in [0.5, 0.6) is 0 Å². The molecule has 1 aromatic carbocycles. The number of non-ortho nitro benzene ring substituents is 1. The first-order chi connectivity index (χ1) is 11.6. The van der Waals surface area contributed by atoms with Crippen molar-refractivity contribution in [3.63, 3.8) is 0 Å². The Morgan fingerprint density at radius 1 is 1.38 bits per heavy atom.